The largest absolute Gasteiger partial charge is 0.494 e. The number of para-hydroxylation sites is 1. The number of hydrogen-bond donors (Lipinski definition) is 1. The molecule has 0 fully saturated rings. The molecule has 0 bridgehead atoms. The molecule has 1 aromatic carbocycles. The van der Waals surface area contributed by atoms with Crippen molar-refractivity contribution in [2.24, 2.45) is 0 Å². The minimum absolute atomic E-state index is 0.0508. The number of nitrogens with one attached hydrogen (secondary N) is 1. The van der Waals surface area contributed by atoms with Gasteiger partial charge in [-0.15, -0.1) is 10.2 Å². The zero-order chi connectivity index (χ0) is 24.3. The second kappa shape index (κ2) is 9.74. The van der Waals surface area contributed by atoms with E-state index in [0.717, 1.165) is 0 Å². The quantitative estimate of drug-likeness (QED) is 0.364. The molecule has 1 N–H and O–H groups in total. The summed E-state index contributed by atoms with van der Waals surface area (Å²) >= 11 is 5.88. The molecule has 10 nitrogen and oxygen atoms in total. The third-order valence-electron chi connectivity index (χ3n) is 5.08. The lowest BCUT2D eigenvalue weighted by molar-refractivity contribution is 0.391. The van der Waals surface area contributed by atoms with Crippen LogP contribution in [0.25, 0.3) is 17.3 Å². The number of halogens is 1. The van der Waals surface area contributed by atoms with Gasteiger partial charge in [0.2, 0.25) is 21.8 Å². The van der Waals surface area contributed by atoms with Gasteiger partial charge in [-0.1, -0.05) is 17.7 Å². The van der Waals surface area contributed by atoms with Gasteiger partial charge in [0.05, 0.1) is 30.8 Å². The molecule has 0 saturated carbocycles. The van der Waals surface area contributed by atoms with E-state index in [9.17, 15) is 8.42 Å². The minimum Gasteiger partial charge on any atom is -0.494 e. The summed E-state index contributed by atoms with van der Waals surface area (Å²) in [5.41, 5.74) is 1.00. The Morgan fingerprint density at radius 1 is 1.09 bits per heavy atom. The number of benzene rings is 1. The van der Waals surface area contributed by atoms with E-state index in [1.165, 1.54) is 31.2 Å². The van der Waals surface area contributed by atoms with Crippen LogP contribution in [0.2, 0.25) is 5.02 Å². The molecule has 3 aromatic heterocycles. The van der Waals surface area contributed by atoms with E-state index in [2.05, 4.69) is 19.9 Å². The highest BCUT2D eigenvalue weighted by Crippen LogP contribution is 2.37. The third kappa shape index (κ3) is 4.70. The Hall–Kier alpha value is -3.57. The minimum atomic E-state index is -3.91. The van der Waals surface area contributed by atoms with Crippen molar-refractivity contribution in [2.75, 3.05) is 18.9 Å². The number of rotatable bonds is 9. The number of anilines is 1. The number of furan rings is 1. The van der Waals surface area contributed by atoms with Gasteiger partial charge in [-0.3, -0.25) is 14.3 Å². The molecule has 0 radical (unpaired) electrons. The fraction of sp³-hybridized carbons (Fsp3) is 0.227. The molecular weight excluding hydrogens is 482 g/mol. The van der Waals surface area contributed by atoms with Gasteiger partial charge in [-0.05, 0) is 43.3 Å². The van der Waals surface area contributed by atoms with E-state index < -0.39 is 15.3 Å². The Bertz CT molecular complexity index is 1350. The van der Waals surface area contributed by atoms with Crippen LogP contribution in [-0.2, 0) is 16.4 Å². The van der Waals surface area contributed by atoms with Crippen LogP contribution in [0.5, 0.6) is 11.5 Å². The van der Waals surface area contributed by atoms with E-state index in [1.54, 1.807) is 49.4 Å². The van der Waals surface area contributed by atoms with Gasteiger partial charge < -0.3 is 13.9 Å². The predicted octanol–water partition coefficient (Wildman–Crippen LogP) is 3.97. The van der Waals surface area contributed by atoms with Crippen molar-refractivity contribution < 1.29 is 22.3 Å². The van der Waals surface area contributed by atoms with Crippen molar-refractivity contribution in [2.45, 2.75) is 18.6 Å². The van der Waals surface area contributed by atoms with Gasteiger partial charge in [0.1, 0.15) is 17.2 Å². The SMILES string of the molecule is COc1cccc(OC)c1-n1c(NS(=O)(=O)C(C)Cc2ccc(Cl)cn2)nnc1-c1ccco1. The average Bonchev–Trinajstić information content (AvgIpc) is 3.49. The van der Waals surface area contributed by atoms with Crippen molar-refractivity contribution in [3.63, 3.8) is 0 Å². The van der Waals surface area contributed by atoms with E-state index >= 15 is 0 Å². The first-order chi connectivity index (χ1) is 16.3. The molecule has 0 aliphatic rings. The average molecular weight is 504 g/mol. The molecule has 4 rings (SSSR count). The smallest absolute Gasteiger partial charge is 0.243 e. The van der Waals surface area contributed by atoms with Crippen molar-refractivity contribution >= 4 is 27.6 Å². The van der Waals surface area contributed by atoms with Gasteiger partial charge >= 0.3 is 0 Å². The molecule has 4 aromatic rings. The summed E-state index contributed by atoms with van der Waals surface area (Å²) in [7, 11) is -0.905. The van der Waals surface area contributed by atoms with Crippen LogP contribution < -0.4 is 14.2 Å². The highest BCUT2D eigenvalue weighted by molar-refractivity contribution is 7.93. The second-order valence-electron chi connectivity index (χ2n) is 7.30. The number of pyridine rings is 1. The van der Waals surface area contributed by atoms with Crippen molar-refractivity contribution in [3.8, 4) is 28.8 Å². The Morgan fingerprint density at radius 3 is 2.41 bits per heavy atom. The van der Waals surface area contributed by atoms with Crippen LogP contribution in [0, 0.1) is 0 Å². The lowest BCUT2D eigenvalue weighted by Crippen LogP contribution is -2.28. The second-order valence-corrected chi connectivity index (χ2v) is 9.84. The number of methoxy groups -OCH3 is 2. The number of hydrogen-bond acceptors (Lipinski definition) is 8. The van der Waals surface area contributed by atoms with Gasteiger partial charge in [0.25, 0.3) is 0 Å². The van der Waals surface area contributed by atoms with Crippen LogP contribution in [0.15, 0.2) is 59.3 Å². The Morgan fingerprint density at radius 2 is 1.82 bits per heavy atom. The molecule has 0 aliphatic heterocycles. The van der Waals surface area contributed by atoms with Gasteiger partial charge in [0, 0.05) is 18.3 Å². The van der Waals surface area contributed by atoms with Crippen LogP contribution in [-0.4, -0.2) is 47.6 Å². The maximum Gasteiger partial charge on any atom is 0.243 e. The molecule has 1 atom stereocenters. The van der Waals surface area contributed by atoms with Crippen LogP contribution >= 0.6 is 11.6 Å². The van der Waals surface area contributed by atoms with E-state index in [0.29, 0.717) is 33.7 Å². The predicted molar refractivity (Wildman–Crippen MR) is 127 cm³/mol. The Balaban J connectivity index is 1.77. The molecule has 0 saturated heterocycles. The van der Waals surface area contributed by atoms with Gasteiger partial charge in [-0.25, -0.2) is 8.42 Å². The zero-order valence-electron chi connectivity index (χ0n) is 18.6. The lowest BCUT2D eigenvalue weighted by Gasteiger charge is -2.18. The monoisotopic (exact) mass is 503 g/mol. The summed E-state index contributed by atoms with van der Waals surface area (Å²) in [5, 5.41) is 7.92. The van der Waals surface area contributed by atoms with Crippen LogP contribution in [0.1, 0.15) is 12.6 Å². The summed E-state index contributed by atoms with van der Waals surface area (Å²) in [6.45, 7) is 1.58. The van der Waals surface area contributed by atoms with Crippen molar-refractivity contribution in [3.05, 3.63) is 65.6 Å². The molecule has 12 heteroatoms. The lowest BCUT2D eigenvalue weighted by atomic mass is 10.2. The first kappa shape index (κ1) is 23.6. The molecule has 0 spiro atoms. The number of ether oxygens (including phenoxy) is 2. The molecule has 1 unspecified atom stereocenters. The fourth-order valence-electron chi connectivity index (χ4n) is 3.34. The molecule has 3 heterocycles. The highest BCUT2D eigenvalue weighted by Gasteiger charge is 2.28. The van der Waals surface area contributed by atoms with E-state index in [-0.39, 0.29) is 18.2 Å². The first-order valence-electron chi connectivity index (χ1n) is 10.2. The van der Waals surface area contributed by atoms with Gasteiger partial charge in [-0.2, -0.15) is 0 Å². The molecule has 0 aliphatic carbocycles. The maximum atomic E-state index is 13.2. The van der Waals surface area contributed by atoms with Crippen molar-refractivity contribution in [1.82, 2.24) is 19.7 Å². The topological polar surface area (TPSA) is 121 Å². The molecule has 178 valence electrons. The zero-order valence-corrected chi connectivity index (χ0v) is 20.2. The Labute approximate surface area is 201 Å². The summed E-state index contributed by atoms with van der Waals surface area (Å²) in [6, 6.07) is 11.9. The number of nitrogens with zero attached hydrogens (tertiary/aromatic N) is 4. The van der Waals surface area contributed by atoms with E-state index in [4.69, 9.17) is 25.5 Å². The maximum absolute atomic E-state index is 13.2. The summed E-state index contributed by atoms with van der Waals surface area (Å²) in [5.74, 6) is 1.43. The standard InChI is InChI=1S/C22H22ClN5O5S/c1-14(12-16-10-9-15(23)13-24-16)34(29,30)27-22-26-25-21(19-8-5-11-33-19)28(22)20-17(31-2)6-4-7-18(20)32-3/h4-11,13-14H,12H2,1-3H3,(H,26,27). The molecular formula is C22H22ClN5O5S. The molecule has 0 amide bonds. The highest BCUT2D eigenvalue weighted by atomic mass is 35.5. The fourth-order valence-corrected chi connectivity index (χ4v) is 4.43. The number of aromatic nitrogens is 4. The Kier molecular flexibility index (Phi) is 6.75. The van der Waals surface area contributed by atoms with E-state index in [1.807, 2.05) is 0 Å². The normalized spacial score (nSPS) is 12.4. The summed E-state index contributed by atoms with van der Waals surface area (Å²) < 4.78 is 47.0. The third-order valence-corrected chi connectivity index (χ3v) is 7.00. The summed E-state index contributed by atoms with van der Waals surface area (Å²) in [4.78, 5) is 4.18. The van der Waals surface area contributed by atoms with Gasteiger partial charge in [0.15, 0.2) is 5.76 Å². The first-order valence-corrected chi connectivity index (χ1v) is 12.1. The van der Waals surface area contributed by atoms with Crippen LogP contribution in [0.4, 0.5) is 5.95 Å². The van der Waals surface area contributed by atoms with Crippen LogP contribution in [0.3, 0.4) is 0 Å². The van der Waals surface area contributed by atoms with Crippen molar-refractivity contribution in [1.29, 1.82) is 0 Å². The summed E-state index contributed by atoms with van der Waals surface area (Å²) in [6.07, 6.45) is 3.13. The number of sulfonamides is 1. The molecule has 34 heavy (non-hydrogen) atoms.